The van der Waals surface area contributed by atoms with E-state index in [0.29, 0.717) is 0 Å². The number of thioether (sulfide) groups is 1. The van der Waals surface area contributed by atoms with Crippen molar-refractivity contribution in [3.63, 3.8) is 0 Å². The molecule has 2 saturated carbocycles. The molecule has 0 spiro atoms. The van der Waals surface area contributed by atoms with Gasteiger partial charge in [-0.2, -0.15) is 11.8 Å². The van der Waals surface area contributed by atoms with Crippen molar-refractivity contribution in [2.24, 2.45) is 11.8 Å². The van der Waals surface area contributed by atoms with Crippen molar-refractivity contribution in [3.05, 3.63) is 0 Å². The summed E-state index contributed by atoms with van der Waals surface area (Å²) in [6.07, 6.45) is 15.4. The number of fused-ring (bicyclic) bond motifs is 2. The van der Waals surface area contributed by atoms with Gasteiger partial charge in [0.1, 0.15) is 0 Å². The average molecular weight is 224 g/mol. The van der Waals surface area contributed by atoms with E-state index >= 15 is 0 Å². The maximum absolute atomic E-state index is 2.34. The van der Waals surface area contributed by atoms with Gasteiger partial charge in [-0.15, -0.1) is 0 Å². The van der Waals surface area contributed by atoms with E-state index in [1.165, 1.54) is 25.7 Å². The Bertz CT molecular complexity index is 207. The lowest BCUT2D eigenvalue weighted by Crippen LogP contribution is -2.12. The van der Waals surface area contributed by atoms with Crippen LogP contribution in [0.3, 0.4) is 0 Å². The Morgan fingerprint density at radius 1 is 0.933 bits per heavy atom. The minimum atomic E-state index is 1.07. The smallest absolute Gasteiger partial charge is 0.00785 e. The van der Waals surface area contributed by atoms with Crippen LogP contribution in [0.5, 0.6) is 0 Å². The first kappa shape index (κ1) is 10.5. The van der Waals surface area contributed by atoms with Crippen LogP contribution < -0.4 is 0 Å². The number of hydrogen-bond acceptors (Lipinski definition) is 1. The fraction of sp³-hybridized carbons (Fsp3) is 1.00. The zero-order valence-corrected chi connectivity index (χ0v) is 10.6. The van der Waals surface area contributed by atoms with Crippen LogP contribution in [0.4, 0.5) is 0 Å². The van der Waals surface area contributed by atoms with Crippen molar-refractivity contribution in [3.8, 4) is 0 Å². The van der Waals surface area contributed by atoms with Crippen LogP contribution in [0.1, 0.15) is 64.2 Å². The van der Waals surface area contributed by atoms with Crippen LogP contribution in [0, 0.1) is 11.8 Å². The second-order valence-electron chi connectivity index (χ2n) is 5.95. The second kappa shape index (κ2) is 4.69. The summed E-state index contributed by atoms with van der Waals surface area (Å²) in [6.45, 7) is 0. The molecule has 86 valence electrons. The Hall–Kier alpha value is 0.350. The summed E-state index contributed by atoms with van der Waals surface area (Å²) in [5.74, 6) is 2.25. The summed E-state index contributed by atoms with van der Waals surface area (Å²) in [4.78, 5) is 0. The summed E-state index contributed by atoms with van der Waals surface area (Å²) in [7, 11) is 0. The van der Waals surface area contributed by atoms with Gasteiger partial charge in [-0.3, -0.25) is 0 Å². The first-order valence-corrected chi connectivity index (χ1v) is 8.01. The van der Waals surface area contributed by atoms with Crippen molar-refractivity contribution in [1.29, 1.82) is 0 Å². The van der Waals surface area contributed by atoms with E-state index in [-0.39, 0.29) is 0 Å². The van der Waals surface area contributed by atoms with Crippen LogP contribution in [-0.2, 0) is 0 Å². The SMILES string of the molecule is C1CCC(CCC[C@H]2SC3CCC2C3)C1. The highest BCUT2D eigenvalue weighted by molar-refractivity contribution is 8.00. The first-order valence-electron chi connectivity index (χ1n) is 7.07. The summed E-state index contributed by atoms with van der Waals surface area (Å²) in [5, 5.41) is 2.15. The van der Waals surface area contributed by atoms with Crippen molar-refractivity contribution < 1.29 is 0 Å². The molecule has 1 heterocycles. The molecule has 0 aromatic heterocycles. The van der Waals surface area contributed by atoms with Gasteiger partial charge in [0.2, 0.25) is 0 Å². The van der Waals surface area contributed by atoms with Gasteiger partial charge in [-0.05, 0) is 37.5 Å². The molecule has 2 unspecified atom stereocenters. The Morgan fingerprint density at radius 2 is 1.80 bits per heavy atom. The van der Waals surface area contributed by atoms with Crippen LogP contribution in [0.25, 0.3) is 0 Å². The third kappa shape index (κ3) is 2.38. The fourth-order valence-electron chi connectivity index (χ4n) is 4.00. The topological polar surface area (TPSA) is 0 Å². The van der Waals surface area contributed by atoms with E-state index in [0.717, 1.165) is 22.3 Å². The highest BCUT2D eigenvalue weighted by Crippen LogP contribution is 2.51. The van der Waals surface area contributed by atoms with Gasteiger partial charge < -0.3 is 0 Å². The molecule has 1 aliphatic heterocycles. The van der Waals surface area contributed by atoms with Gasteiger partial charge in [-0.1, -0.05) is 38.5 Å². The lowest BCUT2D eigenvalue weighted by molar-refractivity contribution is 0.439. The van der Waals surface area contributed by atoms with E-state index in [1.807, 2.05) is 0 Å². The molecule has 1 saturated heterocycles. The zero-order valence-electron chi connectivity index (χ0n) is 9.79. The third-order valence-electron chi connectivity index (χ3n) is 4.89. The molecule has 0 radical (unpaired) electrons. The van der Waals surface area contributed by atoms with Crippen molar-refractivity contribution >= 4 is 11.8 Å². The minimum Gasteiger partial charge on any atom is -0.155 e. The standard InChI is InChI=1S/C14H24S/c1-2-5-11(4-1)6-3-7-14-12-8-9-13(10-12)15-14/h11-14H,1-10H2/t12?,13?,14-/m1/s1. The Labute approximate surface area is 98.6 Å². The van der Waals surface area contributed by atoms with E-state index in [1.54, 1.807) is 38.5 Å². The third-order valence-corrected chi connectivity index (χ3v) is 6.68. The van der Waals surface area contributed by atoms with Crippen molar-refractivity contribution in [2.75, 3.05) is 0 Å². The van der Waals surface area contributed by atoms with Gasteiger partial charge in [0.15, 0.2) is 0 Å². The van der Waals surface area contributed by atoms with E-state index in [9.17, 15) is 0 Å². The molecule has 2 aliphatic carbocycles. The molecule has 3 aliphatic rings. The number of rotatable bonds is 4. The van der Waals surface area contributed by atoms with Crippen LogP contribution in [0.15, 0.2) is 0 Å². The molecule has 15 heavy (non-hydrogen) atoms. The lowest BCUT2D eigenvalue weighted by atomic mass is 9.95. The fourth-order valence-corrected chi connectivity index (χ4v) is 5.90. The highest BCUT2D eigenvalue weighted by Gasteiger charge is 2.39. The molecule has 0 aromatic rings. The molecule has 0 N–H and O–H groups in total. The Kier molecular flexibility index (Phi) is 3.28. The minimum absolute atomic E-state index is 1.07. The molecule has 0 aromatic carbocycles. The summed E-state index contributed by atoms with van der Waals surface area (Å²) in [6, 6.07) is 0. The van der Waals surface area contributed by atoms with Gasteiger partial charge >= 0.3 is 0 Å². The molecule has 1 heteroatoms. The maximum Gasteiger partial charge on any atom is 0.00785 e. The van der Waals surface area contributed by atoms with Crippen molar-refractivity contribution in [2.45, 2.75) is 74.7 Å². The van der Waals surface area contributed by atoms with Crippen LogP contribution in [0.2, 0.25) is 0 Å². The predicted molar refractivity (Wildman–Crippen MR) is 68.3 cm³/mol. The summed E-state index contributed by atoms with van der Waals surface area (Å²) in [5.41, 5.74) is 0. The van der Waals surface area contributed by atoms with Gasteiger partial charge in [0, 0.05) is 10.5 Å². The predicted octanol–water partition coefficient (Wildman–Crippen LogP) is 4.63. The van der Waals surface area contributed by atoms with E-state index in [4.69, 9.17) is 0 Å². The molecule has 0 nitrogen and oxygen atoms in total. The van der Waals surface area contributed by atoms with Crippen LogP contribution in [-0.4, -0.2) is 10.5 Å². The van der Waals surface area contributed by atoms with Gasteiger partial charge in [0.25, 0.3) is 0 Å². The molecule has 2 bridgehead atoms. The van der Waals surface area contributed by atoms with Gasteiger partial charge in [0.05, 0.1) is 0 Å². The summed E-state index contributed by atoms with van der Waals surface area (Å²) >= 11 is 2.34. The summed E-state index contributed by atoms with van der Waals surface area (Å²) < 4.78 is 0. The molecular weight excluding hydrogens is 200 g/mol. The molecule has 3 rings (SSSR count). The van der Waals surface area contributed by atoms with Gasteiger partial charge in [-0.25, -0.2) is 0 Å². The Morgan fingerprint density at radius 3 is 2.47 bits per heavy atom. The zero-order chi connectivity index (χ0) is 10.1. The Balaban J connectivity index is 1.36. The highest BCUT2D eigenvalue weighted by atomic mass is 32.2. The maximum atomic E-state index is 2.34. The lowest BCUT2D eigenvalue weighted by Gasteiger charge is -2.21. The molecular formula is C14H24S. The first-order chi connectivity index (χ1) is 7.42. The largest absolute Gasteiger partial charge is 0.155 e. The monoisotopic (exact) mass is 224 g/mol. The quantitative estimate of drug-likeness (QED) is 0.671. The second-order valence-corrected chi connectivity index (χ2v) is 7.50. The van der Waals surface area contributed by atoms with Crippen LogP contribution >= 0.6 is 11.8 Å². The number of hydrogen-bond donors (Lipinski definition) is 0. The van der Waals surface area contributed by atoms with Crippen molar-refractivity contribution in [1.82, 2.24) is 0 Å². The molecule has 0 amide bonds. The van der Waals surface area contributed by atoms with E-state index < -0.39 is 0 Å². The molecule has 3 fully saturated rings. The molecule has 3 atom stereocenters. The average Bonchev–Trinajstić information content (AvgIpc) is 2.93. The normalized spacial score (nSPS) is 40.4. The van der Waals surface area contributed by atoms with E-state index in [2.05, 4.69) is 11.8 Å².